The third-order valence-corrected chi connectivity index (χ3v) is 3.49. The molecule has 0 aliphatic heterocycles. The second kappa shape index (κ2) is 7.15. The van der Waals surface area contributed by atoms with Crippen molar-refractivity contribution in [1.82, 2.24) is 5.32 Å². The molecule has 0 fully saturated rings. The summed E-state index contributed by atoms with van der Waals surface area (Å²) in [6.07, 6.45) is 5.04. The quantitative estimate of drug-likeness (QED) is 0.801. The number of hydrogen-bond donors (Lipinski definition) is 1. The topological polar surface area (TPSA) is 25.2 Å². The van der Waals surface area contributed by atoms with E-state index in [0.717, 1.165) is 31.6 Å². The van der Waals surface area contributed by atoms with Gasteiger partial charge in [-0.3, -0.25) is 0 Å². The fourth-order valence-corrected chi connectivity index (χ4v) is 2.34. The first kappa shape index (κ1) is 13.9. The highest BCUT2D eigenvalue weighted by Gasteiger charge is 2.13. The fraction of sp³-hybridized carbons (Fsp3) is 0.412. The van der Waals surface area contributed by atoms with E-state index in [1.165, 1.54) is 11.1 Å². The van der Waals surface area contributed by atoms with Crippen LogP contribution >= 0.6 is 0 Å². The maximum atomic E-state index is 5.55. The van der Waals surface area contributed by atoms with Crippen LogP contribution in [0.15, 0.2) is 47.1 Å². The van der Waals surface area contributed by atoms with E-state index in [2.05, 4.69) is 49.5 Å². The smallest absolute Gasteiger partial charge is 0.120 e. The molecule has 2 nitrogen and oxygen atoms in total. The molecule has 19 heavy (non-hydrogen) atoms. The predicted octanol–water partition coefficient (Wildman–Crippen LogP) is 4.26. The van der Waals surface area contributed by atoms with Crippen molar-refractivity contribution < 1.29 is 4.42 Å². The molecular weight excluding hydrogens is 234 g/mol. The summed E-state index contributed by atoms with van der Waals surface area (Å²) < 4.78 is 5.55. The van der Waals surface area contributed by atoms with E-state index in [9.17, 15) is 0 Å². The van der Waals surface area contributed by atoms with Crippen LogP contribution < -0.4 is 5.32 Å². The summed E-state index contributed by atoms with van der Waals surface area (Å²) in [5, 5.41) is 3.57. The Hall–Kier alpha value is -1.54. The SMILES string of the molecule is CCCNC(CCc1ccccc1C)c1ccco1. The molecule has 0 radical (unpaired) electrons. The van der Waals surface area contributed by atoms with Crippen molar-refractivity contribution in [2.75, 3.05) is 6.54 Å². The third-order valence-electron chi connectivity index (χ3n) is 3.49. The highest BCUT2D eigenvalue weighted by atomic mass is 16.3. The molecule has 1 unspecified atom stereocenters. The van der Waals surface area contributed by atoms with Gasteiger partial charge in [-0.2, -0.15) is 0 Å². The van der Waals surface area contributed by atoms with Crippen LogP contribution in [0.5, 0.6) is 0 Å². The Kier molecular flexibility index (Phi) is 5.22. The van der Waals surface area contributed by atoms with E-state index < -0.39 is 0 Å². The minimum atomic E-state index is 0.314. The highest BCUT2D eigenvalue weighted by Crippen LogP contribution is 2.21. The Labute approximate surface area is 115 Å². The average Bonchev–Trinajstić information content (AvgIpc) is 2.94. The summed E-state index contributed by atoms with van der Waals surface area (Å²) in [5.74, 6) is 1.04. The Balaban J connectivity index is 1.99. The van der Waals surface area contributed by atoms with Crippen molar-refractivity contribution in [1.29, 1.82) is 0 Å². The number of furan rings is 1. The Morgan fingerprint density at radius 1 is 1.16 bits per heavy atom. The summed E-state index contributed by atoms with van der Waals surface area (Å²) in [7, 11) is 0. The van der Waals surface area contributed by atoms with Crippen molar-refractivity contribution >= 4 is 0 Å². The lowest BCUT2D eigenvalue weighted by molar-refractivity contribution is 0.396. The fourth-order valence-electron chi connectivity index (χ4n) is 2.34. The van der Waals surface area contributed by atoms with Gasteiger partial charge >= 0.3 is 0 Å². The van der Waals surface area contributed by atoms with E-state index in [1.807, 2.05) is 6.07 Å². The summed E-state index contributed by atoms with van der Waals surface area (Å²) in [5.41, 5.74) is 2.80. The molecule has 0 aliphatic rings. The minimum absolute atomic E-state index is 0.314. The van der Waals surface area contributed by atoms with Gasteiger partial charge in [0.25, 0.3) is 0 Å². The largest absolute Gasteiger partial charge is 0.468 e. The van der Waals surface area contributed by atoms with Crippen LogP contribution in [-0.4, -0.2) is 6.54 Å². The molecule has 102 valence electrons. The number of rotatable bonds is 7. The normalized spacial score (nSPS) is 12.5. The molecule has 1 N–H and O–H groups in total. The minimum Gasteiger partial charge on any atom is -0.468 e. The molecule has 1 aromatic carbocycles. The maximum Gasteiger partial charge on any atom is 0.120 e. The van der Waals surface area contributed by atoms with E-state index in [0.29, 0.717) is 6.04 Å². The summed E-state index contributed by atoms with van der Waals surface area (Å²) in [4.78, 5) is 0. The Morgan fingerprint density at radius 2 is 2.00 bits per heavy atom. The molecule has 0 spiro atoms. The third kappa shape index (κ3) is 3.97. The number of aryl methyl sites for hydroxylation is 2. The maximum absolute atomic E-state index is 5.55. The van der Waals surface area contributed by atoms with Gasteiger partial charge in [0, 0.05) is 0 Å². The first-order valence-electron chi connectivity index (χ1n) is 7.12. The van der Waals surface area contributed by atoms with Crippen molar-refractivity contribution in [3.8, 4) is 0 Å². The van der Waals surface area contributed by atoms with Gasteiger partial charge in [-0.25, -0.2) is 0 Å². The number of nitrogens with one attached hydrogen (secondary N) is 1. The van der Waals surface area contributed by atoms with Gasteiger partial charge in [-0.1, -0.05) is 31.2 Å². The molecule has 2 heteroatoms. The first-order valence-corrected chi connectivity index (χ1v) is 7.12. The van der Waals surface area contributed by atoms with Crippen LogP contribution in [0.25, 0.3) is 0 Å². The van der Waals surface area contributed by atoms with Crippen LogP contribution in [-0.2, 0) is 6.42 Å². The zero-order chi connectivity index (χ0) is 13.5. The van der Waals surface area contributed by atoms with Crippen LogP contribution in [0.4, 0.5) is 0 Å². The molecule has 2 aromatic rings. The molecular formula is C17H23NO. The van der Waals surface area contributed by atoms with Crippen LogP contribution in [0.3, 0.4) is 0 Å². The molecule has 2 rings (SSSR count). The molecule has 0 bridgehead atoms. The van der Waals surface area contributed by atoms with E-state index in [-0.39, 0.29) is 0 Å². The number of hydrogen-bond acceptors (Lipinski definition) is 2. The van der Waals surface area contributed by atoms with Gasteiger partial charge in [0.1, 0.15) is 5.76 Å². The second-order valence-electron chi connectivity index (χ2n) is 4.99. The zero-order valence-electron chi connectivity index (χ0n) is 11.9. The molecule has 1 heterocycles. The van der Waals surface area contributed by atoms with Crippen molar-refractivity contribution in [2.45, 2.75) is 39.2 Å². The van der Waals surface area contributed by atoms with Gasteiger partial charge in [0.15, 0.2) is 0 Å². The second-order valence-corrected chi connectivity index (χ2v) is 4.99. The molecule has 0 aliphatic carbocycles. The molecule has 1 aromatic heterocycles. The summed E-state index contributed by atoms with van der Waals surface area (Å²) >= 11 is 0. The lowest BCUT2D eigenvalue weighted by Gasteiger charge is -2.16. The first-order chi connectivity index (χ1) is 9.31. The molecule has 0 saturated carbocycles. The summed E-state index contributed by atoms with van der Waals surface area (Å²) in [6.45, 7) is 5.39. The van der Waals surface area contributed by atoms with E-state index >= 15 is 0 Å². The van der Waals surface area contributed by atoms with E-state index in [1.54, 1.807) is 6.26 Å². The van der Waals surface area contributed by atoms with E-state index in [4.69, 9.17) is 4.42 Å². The lowest BCUT2D eigenvalue weighted by atomic mass is 10.00. The van der Waals surface area contributed by atoms with Gasteiger partial charge in [-0.15, -0.1) is 0 Å². The average molecular weight is 257 g/mol. The highest BCUT2D eigenvalue weighted by molar-refractivity contribution is 5.25. The van der Waals surface area contributed by atoms with Gasteiger partial charge in [0.2, 0.25) is 0 Å². The van der Waals surface area contributed by atoms with Crippen LogP contribution in [0.2, 0.25) is 0 Å². The molecule has 0 saturated heterocycles. The molecule has 1 atom stereocenters. The van der Waals surface area contributed by atoms with Gasteiger partial charge < -0.3 is 9.73 Å². The number of benzene rings is 1. The van der Waals surface area contributed by atoms with Gasteiger partial charge in [0.05, 0.1) is 12.3 Å². The van der Waals surface area contributed by atoms with Crippen LogP contribution in [0.1, 0.15) is 42.7 Å². The standard InChI is InChI=1S/C17H23NO/c1-3-12-18-16(17-9-6-13-19-17)11-10-15-8-5-4-7-14(15)2/h4-9,13,16,18H,3,10-12H2,1-2H3. The van der Waals surface area contributed by atoms with Crippen molar-refractivity contribution in [2.24, 2.45) is 0 Å². The summed E-state index contributed by atoms with van der Waals surface area (Å²) in [6, 6.07) is 12.9. The lowest BCUT2D eigenvalue weighted by Crippen LogP contribution is -2.22. The monoisotopic (exact) mass is 257 g/mol. The predicted molar refractivity (Wildman–Crippen MR) is 79.2 cm³/mol. The van der Waals surface area contributed by atoms with Crippen LogP contribution in [0, 0.1) is 6.92 Å². The molecule has 0 amide bonds. The Bertz CT molecular complexity index is 476. The zero-order valence-corrected chi connectivity index (χ0v) is 11.9. The van der Waals surface area contributed by atoms with Gasteiger partial charge in [-0.05, 0) is 56.0 Å². The Morgan fingerprint density at radius 3 is 2.68 bits per heavy atom. The van der Waals surface area contributed by atoms with Crippen molar-refractivity contribution in [3.05, 3.63) is 59.5 Å². The van der Waals surface area contributed by atoms with Crippen molar-refractivity contribution in [3.63, 3.8) is 0 Å².